The standard InChI is InChI=1S/2C3H6O2S.C2H6O2/c2*4-3(5)1-2-6;3-1-2-4/h2*6H,1-2H2,(H,4,5);3-4H,1-2H2. The Kier molecular flexibility index (Phi) is 26.2. The molecule has 0 saturated carbocycles. The molecule has 0 spiro atoms. The lowest BCUT2D eigenvalue weighted by Crippen LogP contribution is -1.93. The van der Waals surface area contributed by atoms with E-state index in [4.69, 9.17) is 20.4 Å². The number of hydrogen-bond acceptors (Lipinski definition) is 6. The second-order valence-electron chi connectivity index (χ2n) is 2.18. The van der Waals surface area contributed by atoms with Gasteiger partial charge in [-0.25, -0.2) is 0 Å². The number of thiol groups is 2. The molecule has 0 amide bonds. The van der Waals surface area contributed by atoms with E-state index >= 15 is 0 Å². The third kappa shape index (κ3) is 49.7. The molecular weight excluding hydrogens is 256 g/mol. The highest BCUT2D eigenvalue weighted by Gasteiger charge is 1.88. The molecule has 0 unspecified atom stereocenters. The molecule has 0 aliphatic rings. The van der Waals surface area contributed by atoms with Gasteiger partial charge >= 0.3 is 11.9 Å². The molecule has 0 fully saturated rings. The van der Waals surface area contributed by atoms with Crippen molar-refractivity contribution in [3.63, 3.8) is 0 Å². The summed E-state index contributed by atoms with van der Waals surface area (Å²) in [5.41, 5.74) is 0. The third-order valence-electron chi connectivity index (χ3n) is 0.751. The number of carboxylic acids is 2. The first kappa shape index (κ1) is 20.9. The molecule has 8 heteroatoms. The zero-order valence-corrected chi connectivity index (χ0v) is 10.5. The summed E-state index contributed by atoms with van der Waals surface area (Å²) in [6, 6.07) is 0. The number of rotatable bonds is 5. The minimum absolute atomic E-state index is 0.125. The zero-order chi connectivity index (χ0) is 13.4. The SMILES string of the molecule is O=C(O)CCS.O=C(O)CCS.OCCO. The monoisotopic (exact) mass is 274 g/mol. The summed E-state index contributed by atoms with van der Waals surface area (Å²) in [5, 5.41) is 31.0. The van der Waals surface area contributed by atoms with Gasteiger partial charge in [0.1, 0.15) is 0 Å². The molecule has 0 aliphatic heterocycles. The van der Waals surface area contributed by atoms with Gasteiger partial charge in [0.15, 0.2) is 0 Å². The highest BCUT2D eigenvalue weighted by molar-refractivity contribution is 7.80. The van der Waals surface area contributed by atoms with E-state index in [9.17, 15) is 9.59 Å². The molecule has 0 radical (unpaired) electrons. The van der Waals surface area contributed by atoms with Crippen LogP contribution in [0.2, 0.25) is 0 Å². The fraction of sp³-hybridized carbons (Fsp3) is 0.750. The van der Waals surface area contributed by atoms with Crippen molar-refractivity contribution in [1.29, 1.82) is 0 Å². The maximum atomic E-state index is 9.55. The van der Waals surface area contributed by atoms with Crippen molar-refractivity contribution in [2.24, 2.45) is 0 Å². The number of hydrogen-bond donors (Lipinski definition) is 6. The van der Waals surface area contributed by atoms with Crippen LogP contribution in [0.3, 0.4) is 0 Å². The van der Waals surface area contributed by atoms with Crippen LogP contribution in [0.15, 0.2) is 0 Å². The molecule has 0 heterocycles. The van der Waals surface area contributed by atoms with Crippen LogP contribution in [-0.2, 0) is 9.59 Å². The molecule has 0 bridgehead atoms. The Morgan fingerprint density at radius 2 is 1.06 bits per heavy atom. The summed E-state index contributed by atoms with van der Waals surface area (Å²) in [7, 11) is 0. The van der Waals surface area contributed by atoms with Crippen LogP contribution >= 0.6 is 25.3 Å². The molecule has 4 N–H and O–H groups in total. The molecule has 0 atom stereocenters. The lowest BCUT2D eigenvalue weighted by atomic mass is 10.5. The smallest absolute Gasteiger partial charge is 0.304 e. The number of aliphatic hydroxyl groups is 2. The topological polar surface area (TPSA) is 115 Å². The summed E-state index contributed by atoms with van der Waals surface area (Å²) >= 11 is 7.36. The lowest BCUT2D eigenvalue weighted by molar-refractivity contribution is -0.137. The Morgan fingerprint density at radius 1 is 0.812 bits per heavy atom. The quantitative estimate of drug-likeness (QED) is 0.385. The van der Waals surface area contributed by atoms with Crippen LogP contribution in [0.25, 0.3) is 0 Å². The van der Waals surface area contributed by atoms with E-state index in [-0.39, 0.29) is 26.1 Å². The largest absolute Gasteiger partial charge is 0.481 e. The fourth-order valence-corrected chi connectivity index (χ4v) is 0.574. The van der Waals surface area contributed by atoms with E-state index in [1.54, 1.807) is 0 Å². The molecular formula is C8H18O6S2. The minimum Gasteiger partial charge on any atom is -0.481 e. The Morgan fingerprint density at radius 3 is 1.06 bits per heavy atom. The van der Waals surface area contributed by atoms with E-state index < -0.39 is 11.9 Å². The Hall–Kier alpha value is -0.440. The van der Waals surface area contributed by atoms with Crippen molar-refractivity contribution in [2.75, 3.05) is 24.7 Å². The predicted octanol–water partition coefficient (Wildman–Crippen LogP) is -0.247. The van der Waals surface area contributed by atoms with Crippen LogP contribution in [0.4, 0.5) is 0 Å². The van der Waals surface area contributed by atoms with Gasteiger partial charge in [-0.1, -0.05) is 0 Å². The fourth-order valence-electron chi connectivity index (χ4n) is 0.191. The van der Waals surface area contributed by atoms with E-state index in [2.05, 4.69) is 25.3 Å². The van der Waals surface area contributed by atoms with E-state index in [0.29, 0.717) is 11.5 Å². The normalized spacial score (nSPS) is 8.00. The summed E-state index contributed by atoms with van der Waals surface area (Å²) < 4.78 is 0. The summed E-state index contributed by atoms with van der Waals surface area (Å²) in [4.78, 5) is 19.1. The average molecular weight is 274 g/mol. The molecule has 0 aromatic carbocycles. The number of carbonyl (C=O) groups is 2. The highest BCUT2D eigenvalue weighted by Crippen LogP contribution is 1.80. The molecule has 0 rings (SSSR count). The zero-order valence-electron chi connectivity index (χ0n) is 8.74. The van der Waals surface area contributed by atoms with Gasteiger partial charge in [-0.3, -0.25) is 9.59 Å². The predicted molar refractivity (Wildman–Crippen MR) is 66.4 cm³/mol. The van der Waals surface area contributed by atoms with Crippen molar-refractivity contribution in [3.8, 4) is 0 Å². The molecule has 0 aromatic rings. The second-order valence-corrected chi connectivity index (χ2v) is 3.08. The first-order valence-electron chi connectivity index (χ1n) is 4.33. The summed E-state index contributed by atoms with van der Waals surface area (Å²) in [6.45, 7) is -0.250. The maximum Gasteiger partial charge on any atom is 0.304 e. The van der Waals surface area contributed by atoms with Crippen LogP contribution in [0, 0.1) is 0 Å². The van der Waals surface area contributed by atoms with Gasteiger partial charge < -0.3 is 20.4 Å². The van der Waals surface area contributed by atoms with E-state index in [1.807, 2.05) is 0 Å². The Bertz CT molecular complexity index is 147. The Balaban J connectivity index is -0.000000162. The second kappa shape index (κ2) is 20.0. The molecule has 0 aliphatic carbocycles. The highest BCUT2D eigenvalue weighted by atomic mass is 32.1. The van der Waals surface area contributed by atoms with Gasteiger partial charge in [-0.15, -0.1) is 0 Å². The van der Waals surface area contributed by atoms with Crippen molar-refractivity contribution < 1.29 is 30.0 Å². The maximum absolute atomic E-state index is 9.55. The van der Waals surface area contributed by atoms with Crippen molar-refractivity contribution in [2.45, 2.75) is 12.8 Å². The third-order valence-corrected chi connectivity index (χ3v) is 1.20. The van der Waals surface area contributed by atoms with Gasteiger partial charge in [-0.2, -0.15) is 25.3 Å². The number of aliphatic hydroxyl groups excluding tert-OH is 2. The van der Waals surface area contributed by atoms with Gasteiger partial charge in [0.2, 0.25) is 0 Å². The summed E-state index contributed by atoms with van der Waals surface area (Å²) in [5.74, 6) is -0.722. The molecule has 16 heavy (non-hydrogen) atoms. The van der Waals surface area contributed by atoms with Crippen molar-refractivity contribution in [3.05, 3.63) is 0 Å². The van der Waals surface area contributed by atoms with Crippen molar-refractivity contribution in [1.82, 2.24) is 0 Å². The molecule has 0 aromatic heterocycles. The molecule has 98 valence electrons. The molecule has 0 saturated heterocycles. The Labute approximate surface area is 105 Å². The van der Waals surface area contributed by atoms with Crippen molar-refractivity contribution >= 4 is 37.2 Å². The van der Waals surface area contributed by atoms with Crippen LogP contribution in [0.5, 0.6) is 0 Å². The van der Waals surface area contributed by atoms with Crippen LogP contribution < -0.4 is 0 Å². The van der Waals surface area contributed by atoms with Gasteiger partial charge in [0.25, 0.3) is 0 Å². The first-order valence-corrected chi connectivity index (χ1v) is 5.59. The summed E-state index contributed by atoms with van der Waals surface area (Å²) in [6.07, 6.45) is 0.312. The van der Waals surface area contributed by atoms with Crippen LogP contribution in [0.1, 0.15) is 12.8 Å². The van der Waals surface area contributed by atoms with Gasteiger partial charge in [0, 0.05) is 11.5 Å². The lowest BCUT2D eigenvalue weighted by Gasteiger charge is -1.79. The van der Waals surface area contributed by atoms with E-state index in [1.165, 1.54) is 0 Å². The van der Waals surface area contributed by atoms with Crippen LogP contribution in [-0.4, -0.2) is 57.1 Å². The average Bonchev–Trinajstić information content (AvgIpc) is 2.18. The first-order chi connectivity index (χ1) is 7.45. The number of aliphatic carboxylic acids is 2. The van der Waals surface area contributed by atoms with E-state index in [0.717, 1.165) is 0 Å². The minimum atomic E-state index is -0.787. The van der Waals surface area contributed by atoms with Gasteiger partial charge in [0.05, 0.1) is 26.1 Å². The molecule has 6 nitrogen and oxygen atoms in total. The number of carboxylic acid groups (broad SMARTS) is 2. The van der Waals surface area contributed by atoms with Gasteiger partial charge in [-0.05, 0) is 0 Å².